The Bertz CT molecular complexity index is 798. The van der Waals surface area contributed by atoms with Crippen LogP contribution in [0.3, 0.4) is 0 Å². The van der Waals surface area contributed by atoms with Crippen molar-refractivity contribution < 1.29 is 9.53 Å². The molecule has 0 aliphatic heterocycles. The van der Waals surface area contributed by atoms with E-state index >= 15 is 0 Å². The maximum absolute atomic E-state index is 11.9. The molecule has 3 rings (SSSR count). The number of benzene rings is 2. The predicted octanol–water partition coefficient (Wildman–Crippen LogP) is 4.20. The lowest BCUT2D eigenvalue weighted by molar-refractivity contribution is -0.144. The van der Waals surface area contributed by atoms with E-state index in [1.807, 2.05) is 60.8 Å². The van der Waals surface area contributed by atoms with Crippen molar-refractivity contribution in [3.63, 3.8) is 0 Å². The summed E-state index contributed by atoms with van der Waals surface area (Å²) in [6, 6.07) is 17.1. The van der Waals surface area contributed by atoms with Gasteiger partial charge in [-0.15, -0.1) is 0 Å². The molecule has 4 nitrogen and oxygen atoms in total. The molecule has 0 unspecified atom stereocenters. The summed E-state index contributed by atoms with van der Waals surface area (Å²) >= 11 is 6.08. The zero-order valence-electron chi connectivity index (χ0n) is 13.1. The van der Waals surface area contributed by atoms with Gasteiger partial charge in [-0.2, -0.15) is 5.10 Å². The third-order valence-corrected chi connectivity index (χ3v) is 4.03. The minimum atomic E-state index is -0.230. The molecule has 0 fully saturated rings. The van der Waals surface area contributed by atoms with E-state index in [9.17, 15) is 4.79 Å². The molecule has 0 amide bonds. The lowest BCUT2D eigenvalue weighted by Gasteiger charge is -2.07. The average molecular weight is 341 g/mol. The minimum absolute atomic E-state index is 0.230. The topological polar surface area (TPSA) is 44.1 Å². The molecular formula is C19H17ClN2O2. The van der Waals surface area contributed by atoms with Crippen LogP contribution in [0, 0.1) is 0 Å². The molecule has 0 saturated heterocycles. The molecule has 0 saturated carbocycles. The highest BCUT2D eigenvalue weighted by Gasteiger charge is 2.06. The van der Waals surface area contributed by atoms with Crippen LogP contribution >= 0.6 is 11.6 Å². The second kappa shape index (κ2) is 7.79. The van der Waals surface area contributed by atoms with Gasteiger partial charge in [0.15, 0.2) is 0 Å². The molecule has 0 radical (unpaired) electrons. The Morgan fingerprint density at radius 2 is 1.88 bits per heavy atom. The second-order valence-electron chi connectivity index (χ2n) is 5.37. The fourth-order valence-corrected chi connectivity index (χ4v) is 2.57. The number of carbonyl (C=O) groups excluding carboxylic acids is 1. The first-order valence-corrected chi connectivity index (χ1v) is 8.08. The number of rotatable bonds is 6. The number of hydrogen-bond acceptors (Lipinski definition) is 3. The summed E-state index contributed by atoms with van der Waals surface area (Å²) in [6.07, 6.45) is 4.50. The van der Waals surface area contributed by atoms with Crippen LogP contribution in [-0.2, 0) is 22.6 Å². The van der Waals surface area contributed by atoms with E-state index in [4.69, 9.17) is 16.3 Å². The van der Waals surface area contributed by atoms with Gasteiger partial charge in [-0.05, 0) is 41.8 Å². The van der Waals surface area contributed by atoms with Crippen molar-refractivity contribution in [2.45, 2.75) is 19.4 Å². The van der Waals surface area contributed by atoms with E-state index in [2.05, 4.69) is 5.10 Å². The summed E-state index contributed by atoms with van der Waals surface area (Å²) in [4.78, 5) is 11.9. The summed E-state index contributed by atoms with van der Waals surface area (Å²) < 4.78 is 7.09. The normalized spacial score (nSPS) is 10.5. The van der Waals surface area contributed by atoms with Crippen LogP contribution in [0.5, 0.6) is 0 Å². The maximum atomic E-state index is 11.9. The zero-order chi connectivity index (χ0) is 16.8. The molecule has 1 aromatic heterocycles. The first kappa shape index (κ1) is 16.3. The van der Waals surface area contributed by atoms with Crippen LogP contribution in [-0.4, -0.2) is 15.7 Å². The number of halogens is 1. The van der Waals surface area contributed by atoms with Crippen molar-refractivity contribution in [2.24, 2.45) is 0 Å². The van der Waals surface area contributed by atoms with Crippen molar-refractivity contribution in [3.8, 4) is 5.69 Å². The molecule has 0 aliphatic carbocycles. The highest BCUT2D eigenvalue weighted by atomic mass is 35.5. The standard InChI is InChI=1S/C19H17ClN2O2/c20-18-5-2-1-4-16(18)8-11-19(23)24-14-15-6-9-17(10-7-15)22-13-3-12-21-22/h1-7,9-10,12-13H,8,11,14H2. The Hall–Kier alpha value is -2.59. The van der Waals surface area contributed by atoms with E-state index in [0.29, 0.717) is 17.9 Å². The number of ether oxygens (including phenoxy) is 1. The van der Waals surface area contributed by atoms with Gasteiger partial charge in [0, 0.05) is 23.8 Å². The van der Waals surface area contributed by atoms with Crippen molar-refractivity contribution in [1.82, 2.24) is 9.78 Å². The van der Waals surface area contributed by atoms with Gasteiger partial charge in [-0.1, -0.05) is 41.9 Å². The largest absolute Gasteiger partial charge is 0.461 e. The number of carbonyl (C=O) groups is 1. The lowest BCUT2D eigenvalue weighted by Crippen LogP contribution is -2.06. The highest BCUT2D eigenvalue weighted by Crippen LogP contribution is 2.17. The Balaban J connectivity index is 1.48. The fraction of sp³-hybridized carbons (Fsp3) is 0.158. The first-order valence-electron chi connectivity index (χ1n) is 7.70. The number of nitrogens with zero attached hydrogens (tertiary/aromatic N) is 2. The third-order valence-electron chi connectivity index (χ3n) is 3.66. The Morgan fingerprint density at radius 1 is 1.08 bits per heavy atom. The van der Waals surface area contributed by atoms with E-state index in [0.717, 1.165) is 16.8 Å². The molecule has 0 spiro atoms. The lowest BCUT2D eigenvalue weighted by atomic mass is 10.1. The summed E-state index contributed by atoms with van der Waals surface area (Å²) in [5, 5.41) is 4.85. The molecule has 2 aromatic carbocycles. The quantitative estimate of drug-likeness (QED) is 0.632. The average Bonchev–Trinajstić information content (AvgIpc) is 3.14. The van der Waals surface area contributed by atoms with Gasteiger partial charge in [0.25, 0.3) is 0 Å². The number of aryl methyl sites for hydroxylation is 1. The van der Waals surface area contributed by atoms with Crippen molar-refractivity contribution in [2.75, 3.05) is 0 Å². The molecule has 5 heteroatoms. The van der Waals surface area contributed by atoms with Crippen LogP contribution in [0.4, 0.5) is 0 Å². The molecule has 0 aliphatic rings. The van der Waals surface area contributed by atoms with Crippen LogP contribution in [0.1, 0.15) is 17.5 Å². The van der Waals surface area contributed by atoms with Crippen molar-refractivity contribution in [1.29, 1.82) is 0 Å². The molecule has 0 atom stereocenters. The molecule has 24 heavy (non-hydrogen) atoms. The number of hydrogen-bond donors (Lipinski definition) is 0. The Kier molecular flexibility index (Phi) is 5.29. The predicted molar refractivity (Wildman–Crippen MR) is 93.1 cm³/mol. The summed E-state index contributed by atoms with van der Waals surface area (Å²) in [6.45, 7) is 0.265. The van der Waals surface area contributed by atoms with Gasteiger partial charge < -0.3 is 4.74 Å². The van der Waals surface area contributed by atoms with Gasteiger partial charge in [0.2, 0.25) is 0 Å². The summed E-state index contributed by atoms with van der Waals surface area (Å²) in [7, 11) is 0. The number of aromatic nitrogens is 2. The number of esters is 1. The maximum Gasteiger partial charge on any atom is 0.306 e. The zero-order valence-corrected chi connectivity index (χ0v) is 13.8. The Labute approximate surface area is 145 Å². The second-order valence-corrected chi connectivity index (χ2v) is 5.78. The SMILES string of the molecule is O=C(CCc1ccccc1Cl)OCc1ccc(-n2cccn2)cc1. The van der Waals surface area contributed by atoms with Gasteiger partial charge >= 0.3 is 5.97 Å². The third kappa shape index (κ3) is 4.24. The van der Waals surface area contributed by atoms with Crippen LogP contribution in [0.25, 0.3) is 5.69 Å². The minimum Gasteiger partial charge on any atom is -0.461 e. The van der Waals surface area contributed by atoms with Gasteiger partial charge in [0.05, 0.1) is 5.69 Å². The van der Waals surface area contributed by atoms with Crippen molar-refractivity contribution >= 4 is 17.6 Å². The molecule has 1 heterocycles. The molecule has 0 N–H and O–H groups in total. The summed E-state index contributed by atoms with van der Waals surface area (Å²) in [5.41, 5.74) is 2.87. The van der Waals surface area contributed by atoms with Gasteiger partial charge in [-0.25, -0.2) is 4.68 Å². The molecular weight excluding hydrogens is 324 g/mol. The van der Waals surface area contributed by atoms with E-state index in [-0.39, 0.29) is 12.6 Å². The summed E-state index contributed by atoms with van der Waals surface area (Å²) in [5.74, 6) is -0.230. The van der Waals surface area contributed by atoms with Crippen LogP contribution < -0.4 is 0 Å². The molecule has 3 aromatic rings. The van der Waals surface area contributed by atoms with Gasteiger partial charge in [0.1, 0.15) is 6.61 Å². The van der Waals surface area contributed by atoms with Crippen LogP contribution in [0.15, 0.2) is 67.0 Å². The highest BCUT2D eigenvalue weighted by molar-refractivity contribution is 6.31. The van der Waals surface area contributed by atoms with E-state index in [1.54, 1.807) is 10.9 Å². The van der Waals surface area contributed by atoms with Crippen LogP contribution in [0.2, 0.25) is 5.02 Å². The monoisotopic (exact) mass is 340 g/mol. The first-order chi connectivity index (χ1) is 11.7. The van der Waals surface area contributed by atoms with E-state index < -0.39 is 0 Å². The molecule has 0 bridgehead atoms. The Morgan fingerprint density at radius 3 is 2.58 bits per heavy atom. The fourth-order valence-electron chi connectivity index (χ4n) is 2.34. The van der Waals surface area contributed by atoms with E-state index in [1.165, 1.54) is 0 Å². The van der Waals surface area contributed by atoms with Gasteiger partial charge in [-0.3, -0.25) is 4.79 Å². The molecule has 122 valence electrons. The van der Waals surface area contributed by atoms with Crippen molar-refractivity contribution in [3.05, 3.63) is 83.1 Å². The smallest absolute Gasteiger partial charge is 0.306 e.